The number of piperidine rings is 1. The summed E-state index contributed by atoms with van der Waals surface area (Å²) in [6.07, 6.45) is 6.52. The molecule has 4 atom stereocenters. The van der Waals surface area contributed by atoms with Gasteiger partial charge in [0.05, 0.1) is 24.4 Å². The van der Waals surface area contributed by atoms with Gasteiger partial charge in [-0.2, -0.15) is 5.26 Å². The van der Waals surface area contributed by atoms with Crippen LogP contribution in [0.3, 0.4) is 0 Å². The predicted octanol–water partition coefficient (Wildman–Crippen LogP) is 2.83. The highest BCUT2D eigenvalue weighted by Crippen LogP contribution is 2.44. The Kier molecular flexibility index (Phi) is 6.33. The number of aromatic nitrogens is 1. The van der Waals surface area contributed by atoms with E-state index in [0.717, 1.165) is 51.7 Å². The van der Waals surface area contributed by atoms with E-state index in [2.05, 4.69) is 22.1 Å². The third-order valence-corrected chi connectivity index (χ3v) is 7.43. The minimum absolute atomic E-state index is 0.0161. The molecule has 1 N–H and O–H groups in total. The third kappa shape index (κ3) is 4.49. The van der Waals surface area contributed by atoms with Gasteiger partial charge in [-0.3, -0.25) is 9.59 Å². The fourth-order valence-electron chi connectivity index (χ4n) is 5.39. The zero-order chi connectivity index (χ0) is 21.1. The molecule has 1 aliphatic carbocycles. The standard InChI is InChI=1S/C23H30N4O3/c1-15-16(2-5-20-21(15)14-30-23(20)29)6-9-27-10-7-17(8-11-27)22(28)26-19-4-3-18(12-24)25-13-19/h3-4,13,15-17,20-21H,2,5-11,14H2,1H3,(H,26,28). The van der Waals surface area contributed by atoms with Crippen molar-refractivity contribution in [1.82, 2.24) is 9.88 Å². The molecule has 1 saturated carbocycles. The SMILES string of the molecule is CC1C(CCN2CCC(C(=O)Nc3ccc(C#N)nc3)CC2)CCC2C(=O)OCC21. The Bertz CT molecular complexity index is 811. The molecule has 2 saturated heterocycles. The number of likely N-dealkylation sites (tertiary alicyclic amines) is 1. The molecule has 1 amide bonds. The topological polar surface area (TPSA) is 95.3 Å². The van der Waals surface area contributed by atoms with Gasteiger partial charge in [-0.15, -0.1) is 0 Å². The van der Waals surface area contributed by atoms with Crippen molar-refractivity contribution in [3.63, 3.8) is 0 Å². The number of nitrogens with zero attached hydrogens (tertiary/aromatic N) is 3. The van der Waals surface area contributed by atoms with Gasteiger partial charge >= 0.3 is 5.97 Å². The number of rotatable bonds is 5. The van der Waals surface area contributed by atoms with Crippen LogP contribution in [0.5, 0.6) is 0 Å². The molecular formula is C23H30N4O3. The molecule has 3 heterocycles. The summed E-state index contributed by atoms with van der Waals surface area (Å²) in [7, 11) is 0. The Morgan fingerprint density at radius 1 is 1.30 bits per heavy atom. The summed E-state index contributed by atoms with van der Waals surface area (Å²) < 4.78 is 5.30. The van der Waals surface area contributed by atoms with Gasteiger partial charge in [-0.1, -0.05) is 6.92 Å². The van der Waals surface area contributed by atoms with Crippen molar-refractivity contribution in [2.45, 2.75) is 39.0 Å². The van der Waals surface area contributed by atoms with Gasteiger partial charge in [-0.05, 0) is 75.7 Å². The number of amides is 1. The number of ether oxygens (including phenoxy) is 1. The van der Waals surface area contributed by atoms with Crippen molar-refractivity contribution in [2.75, 3.05) is 31.6 Å². The van der Waals surface area contributed by atoms with Crippen LogP contribution in [0.4, 0.5) is 5.69 Å². The van der Waals surface area contributed by atoms with Gasteiger partial charge in [0, 0.05) is 11.8 Å². The van der Waals surface area contributed by atoms with E-state index < -0.39 is 0 Å². The van der Waals surface area contributed by atoms with Crippen LogP contribution in [0.15, 0.2) is 18.3 Å². The summed E-state index contributed by atoms with van der Waals surface area (Å²) in [6.45, 7) is 5.85. The number of nitriles is 1. The van der Waals surface area contributed by atoms with Crippen LogP contribution in [0.25, 0.3) is 0 Å². The van der Waals surface area contributed by atoms with Crippen molar-refractivity contribution in [1.29, 1.82) is 5.26 Å². The number of cyclic esters (lactones) is 1. The molecule has 0 radical (unpaired) electrons. The fraction of sp³-hybridized carbons (Fsp3) is 0.652. The lowest BCUT2D eigenvalue weighted by Crippen LogP contribution is -2.40. The summed E-state index contributed by atoms with van der Waals surface area (Å²) in [6, 6.07) is 5.31. The van der Waals surface area contributed by atoms with Crippen molar-refractivity contribution in [3.8, 4) is 6.07 Å². The molecule has 0 aromatic carbocycles. The van der Waals surface area contributed by atoms with Crippen molar-refractivity contribution >= 4 is 17.6 Å². The molecular weight excluding hydrogens is 380 g/mol. The van der Waals surface area contributed by atoms with E-state index in [9.17, 15) is 9.59 Å². The van der Waals surface area contributed by atoms with Gasteiger partial charge < -0.3 is 15.0 Å². The van der Waals surface area contributed by atoms with E-state index in [-0.39, 0.29) is 23.7 Å². The van der Waals surface area contributed by atoms with Gasteiger partial charge in [0.1, 0.15) is 11.8 Å². The molecule has 3 aliphatic rings. The number of pyridine rings is 1. The molecule has 4 unspecified atom stereocenters. The minimum Gasteiger partial charge on any atom is -0.465 e. The lowest BCUT2D eigenvalue weighted by atomic mass is 9.67. The highest BCUT2D eigenvalue weighted by molar-refractivity contribution is 5.92. The highest BCUT2D eigenvalue weighted by atomic mass is 16.5. The molecule has 1 aromatic heterocycles. The van der Waals surface area contributed by atoms with Gasteiger partial charge in [0.2, 0.25) is 5.91 Å². The van der Waals surface area contributed by atoms with E-state index in [1.54, 1.807) is 12.1 Å². The summed E-state index contributed by atoms with van der Waals surface area (Å²) >= 11 is 0. The van der Waals surface area contributed by atoms with Crippen LogP contribution in [0, 0.1) is 40.9 Å². The molecule has 4 rings (SSSR count). The lowest BCUT2D eigenvalue weighted by molar-refractivity contribution is -0.141. The quantitative estimate of drug-likeness (QED) is 0.750. The summed E-state index contributed by atoms with van der Waals surface area (Å²) in [5.41, 5.74) is 0.983. The first-order valence-electron chi connectivity index (χ1n) is 11.1. The number of hydrogen-bond acceptors (Lipinski definition) is 6. The maximum atomic E-state index is 12.5. The Morgan fingerprint density at radius 2 is 2.10 bits per heavy atom. The first kappa shape index (κ1) is 20.8. The Morgan fingerprint density at radius 3 is 2.80 bits per heavy atom. The van der Waals surface area contributed by atoms with Crippen LogP contribution in [0.1, 0.15) is 44.7 Å². The van der Waals surface area contributed by atoms with Crippen molar-refractivity contribution < 1.29 is 14.3 Å². The zero-order valence-corrected chi connectivity index (χ0v) is 17.5. The highest BCUT2D eigenvalue weighted by Gasteiger charge is 2.45. The number of carbonyl (C=O) groups excluding carboxylic acids is 2. The van der Waals surface area contributed by atoms with Crippen molar-refractivity contribution in [3.05, 3.63) is 24.0 Å². The van der Waals surface area contributed by atoms with Crippen LogP contribution < -0.4 is 5.32 Å². The number of esters is 1. The third-order valence-electron chi connectivity index (χ3n) is 7.43. The van der Waals surface area contributed by atoms with Crippen molar-refractivity contribution in [2.24, 2.45) is 29.6 Å². The molecule has 0 bridgehead atoms. The average molecular weight is 411 g/mol. The number of anilines is 1. The van der Waals surface area contributed by atoms with Crippen LogP contribution in [0.2, 0.25) is 0 Å². The average Bonchev–Trinajstić information content (AvgIpc) is 3.15. The molecule has 7 heteroatoms. The number of fused-ring (bicyclic) bond motifs is 1. The number of carbonyl (C=O) groups is 2. The normalized spacial score (nSPS) is 29.7. The molecule has 7 nitrogen and oxygen atoms in total. The molecule has 3 fully saturated rings. The van der Waals surface area contributed by atoms with Crippen LogP contribution in [-0.2, 0) is 14.3 Å². The number of nitrogens with one attached hydrogen (secondary N) is 1. The van der Waals surface area contributed by atoms with Gasteiger partial charge in [-0.25, -0.2) is 4.98 Å². The maximum Gasteiger partial charge on any atom is 0.309 e. The smallest absolute Gasteiger partial charge is 0.309 e. The molecule has 1 aromatic rings. The molecule has 160 valence electrons. The Balaban J connectivity index is 1.20. The Hall–Kier alpha value is -2.46. The fourth-order valence-corrected chi connectivity index (χ4v) is 5.39. The maximum absolute atomic E-state index is 12.5. The Labute approximate surface area is 177 Å². The lowest BCUT2D eigenvalue weighted by Gasteiger charge is -2.38. The second-order valence-electron chi connectivity index (χ2n) is 9.03. The summed E-state index contributed by atoms with van der Waals surface area (Å²) in [5, 5.41) is 11.7. The molecule has 0 spiro atoms. The first-order chi connectivity index (χ1) is 14.5. The largest absolute Gasteiger partial charge is 0.465 e. The minimum atomic E-state index is 0.0161. The van der Waals surface area contributed by atoms with Gasteiger partial charge in [0.25, 0.3) is 0 Å². The van der Waals surface area contributed by atoms with Crippen LogP contribution in [-0.4, -0.2) is 48.0 Å². The van der Waals surface area contributed by atoms with E-state index in [4.69, 9.17) is 10.00 Å². The second kappa shape index (κ2) is 9.13. The summed E-state index contributed by atoms with van der Waals surface area (Å²) in [4.78, 5) is 30.8. The zero-order valence-electron chi connectivity index (χ0n) is 17.5. The predicted molar refractivity (Wildman–Crippen MR) is 111 cm³/mol. The first-order valence-corrected chi connectivity index (χ1v) is 11.1. The van der Waals surface area contributed by atoms with Gasteiger partial charge in [0.15, 0.2) is 0 Å². The van der Waals surface area contributed by atoms with E-state index >= 15 is 0 Å². The molecule has 30 heavy (non-hydrogen) atoms. The monoisotopic (exact) mass is 410 g/mol. The van der Waals surface area contributed by atoms with E-state index in [1.165, 1.54) is 6.20 Å². The van der Waals surface area contributed by atoms with E-state index in [1.807, 2.05) is 6.07 Å². The molecule has 2 aliphatic heterocycles. The second-order valence-corrected chi connectivity index (χ2v) is 9.03. The number of hydrogen-bond donors (Lipinski definition) is 1. The van der Waals surface area contributed by atoms with E-state index in [0.29, 0.717) is 35.7 Å². The summed E-state index contributed by atoms with van der Waals surface area (Å²) in [5.74, 6) is 1.82. The van der Waals surface area contributed by atoms with Crippen LogP contribution >= 0.6 is 0 Å².